The summed E-state index contributed by atoms with van der Waals surface area (Å²) in [6, 6.07) is 2.47. The van der Waals surface area contributed by atoms with E-state index < -0.39 is 10.7 Å². The average Bonchev–Trinajstić information content (AvgIpc) is 2.53. The standard InChI is InChI=1S/C15H23FN4O3/c1-11(19-6-4-18(2)5-7-19)10-17-13-9-15(23-3)14(20(21)22)8-12(13)16/h8-9,11,17H,4-7,10H2,1-3H3. The number of hydrogen-bond acceptors (Lipinski definition) is 6. The van der Waals surface area contributed by atoms with Crippen molar-refractivity contribution in [3.8, 4) is 5.75 Å². The van der Waals surface area contributed by atoms with Crippen LogP contribution in [0.4, 0.5) is 15.8 Å². The van der Waals surface area contributed by atoms with E-state index in [-0.39, 0.29) is 23.2 Å². The lowest BCUT2D eigenvalue weighted by Gasteiger charge is -2.36. The molecule has 1 aromatic rings. The van der Waals surface area contributed by atoms with Gasteiger partial charge in [0.1, 0.15) is 0 Å². The van der Waals surface area contributed by atoms with Gasteiger partial charge in [0.05, 0.1) is 23.8 Å². The van der Waals surface area contributed by atoms with Crippen molar-refractivity contribution in [2.24, 2.45) is 0 Å². The van der Waals surface area contributed by atoms with Crippen molar-refractivity contribution in [2.45, 2.75) is 13.0 Å². The van der Waals surface area contributed by atoms with Crippen molar-refractivity contribution in [3.05, 3.63) is 28.1 Å². The summed E-state index contributed by atoms with van der Waals surface area (Å²) in [5.74, 6) is -0.603. The van der Waals surface area contributed by atoms with E-state index in [0.717, 1.165) is 32.2 Å². The third-order valence-corrected chi connectivity index (χ3v) is 4.21. The maximum absolute atomic E-state index is 14.0. The minimum absolute atomic E-state index is 0.0474. The fraction of sp³-hybridized carbons (Fsp3) is 0.600. The molecule has 2 rings (SSSR count). The second kappa shape index (κ2) is 7.56. The molecule has 1 N–H and O–H groups in total. The van der Waals surface area contributed by atoms with E-state index in [1.165, 1.54) is 13.2 Å². The van der Waals surface area contributed by atoms with E-state index in [9.17, 15) is 14.5 Å². The Labute approximate surface area is 135 Å². The Morgan fingerprint density at radius 2 is 2.04 bits per heavy atom. The van der Waals surface area contributed by atoms with Gasteiger partial charge in [-0.25, -0.2) is 4.39 Å². The van der Waals surface area contributed by atoms with Gasteiger partial charge in [0, 0.05) is 44.8 Å². The quantitative estimate of drug-likeness (QED) is 0.635. The number of nitro benzene ring substituents is 1. The lowest BCUT2D eigenvalue weighted by atomic mass is 10.2. The van der Waals surface area contributed by atoms with Crippen molar-refractivity contribution in [3.63, 3.8) is 0 Å². The van der Waals surface area contributed by atoms with Crippen molar-refractivity contribution < 1.29 is 14.1 Å². The van der Waals surface area contributed by atoms with Gasteiger partial charge in [-0.1, -0.05) is 0 Å². The molecule has 8 heteroatoms. The predicted octanol–water partition coefficient (Wildman–Crippen LogP) is 1.79. The van der Waals surface area contributed by atoms with Crippen LogP contribution in [0.3, 0.4) is 0 Å². The molecule has 1 fully saturated rings. The average molecular weight is 326 g/mol. The topological polar surface area (TPSA) is 70.9 Å². The maximum atomic E-state index is 14.0. The second-order valence-electron chi connectivity index (χ2n) is 5.83. The molecule has 0 spiro atoms. The fourth-order valence-electron chi connectivity index (χ4n) is 2.63. The van der Waals surface area contributed by atoms with E-state index in [4.69, 9.17) is 4.74 Å². The van der Waals surface area contributed by atoms with Gasteiger partial charge in [-0.15, -0.1) is 0 Å². The van der Waals surface area contributed by atoms with Crippen LogP contribution in [-0.4, -0.2) is 67.6 Å². The van der Waals surface area contributed by atoms with Gasteiger partial charge in [0.25, 0.3) is 0 Å². The number of ether oxygens (including phenoxy) is 1. The monoisotopic (exact) mass is 326 g/mol. The van der Waals surface area contributed by atoms with Crippen LogP contribution in [0.15, 0.2) is 12.1 Å². The Hall–Kier alpha value is -1.93. The molecule has 0 amide bonds. The minimum atomic E-state index is -0.654. The van der Waals surface area contributed by atoms with Gasteiger partial charge in [-0.3, -0.25) is 15.0 Å². The molecule has 1 aliphatic heterocycles. The van der Waals surface area contributed by atoms with Gasteiger partial charge in [0.15, 0.2) is 11.6 Å². The fourth-order valence-corrected chi connectivity index (χ4v) is 2.63. The number of nitrogens with one attached hydrogen (secondary N) is 1. The predicted molar refractivity (Wildman–Crippen MR) is 86.6 cm³/mol. The van der Waals surface area contributed by atoms with Gasteiger partial charge in [-0.2, -0.15) is 0 Å². The number of rotatable bonds is 6. The summed E-state index contributed by atoms with van der Waals surface area (Å²) in [5, 5.41) is 13.9. The normalized spacial score (nSPS) is 17.7. The number of methoxy groups -OCH3 is 1. The highest BCUT2D eigenvalue weighted by molar-refractivity contribution is 5.59. The third-order valence-electron chi connectivity index (χ3n) is 4.21. The number of piperazine rings is 1. The number of halogens is 1. The van der Waals surface area contributed by atoms with E-state index in [0.29, 0.717) is 6.54 Å². The van der Waals surface area contributed by atoms with Crippen LogP contribution >= 0.6 is 0 Å². The van der Waals surface area contributed by atoms with Crippen molar-refractivity contribution >= 4 is 11.4 Å². The summed E-state index contributed by atoms with van der Waals surface area (Å²) in [5.41, 5.74) is -0.156. The molecule has 128 valence electrons. The first kappa shape index (κ1) is 17.4. The Morgan fingerprint density at radius 1 is 1.39 bits per heavy atom. The SMILES string of the molecule is COc1cc(NCC(C)N2CCN(C)CC2)c(F)cc1[N+](=O)[O-]. The summed E-state index contributed by atoms with van der Waals surface area (Å²) in [7, 11) is 3.43. The lowest BCUT2D eigenvalue weighted by Crippen LogP contribution is -2.49. The van der Waals surface area contributed by atoms with Crippen LogP contribution in [-0.2, 0) is 0 Å². The highest BCUT2D eigenvalue weighted by atomic mass is 19.1. The number of benzene rings is 1. The number of hydrogen-bond donors (Lipinski definition) is 1. The first-order valence-electron chi connectivity index (χ1n) is 7.60. The second-order valence-corrected chi connectivity index (χ2v) is 5.83. The van der Waals surface area contributed by atoms with E-state index in [1.807, 2.05) is 0 Å². The van der Waals surface area contributed by atoms with E-state index in [1.54, 1.807) is 0 Å². The van der Waals surface area contributed by atoms with Crippen molar-refractivity contribution in [1.29, 1.82) is 0 Å². The maximum Gasteiger partial charge on any atom is 0.313 e. The van der Waals surface area contributed by atoms with Crippen LogP contribution < -0.4 is 10.1 Å². The number of nitrogens with zero attached hydrogens (tertiary/aromatic N) is 3. The molecule has 23 heavy (non-hydrogen) atoms. The molecule has 0 saturated carbocycles. The summed E-state index contributed by atoms with van der Waals surface area (Å²) in [6.07, 6.45) is 0. The molecule has 1 atom stereocenters. The largest absolute Gasteiger partial charge is 0.490 e. The summed E-state index contributed by atoms with van der Waals surface area (Å²) in [6.45, 7) is 6.63. The zero-order valence-electron chi connectivity index (χ0n) is 13.7. The summed E-state index contributed by atoms with van der Waals surface area (Å²) >= 11 is 0. The lowest BCUT2D eigenvalue weighted by molar-refractivity contribution is -0.385. The first-order chi connectivity index (χ1) is 10.9. The first-order valence-corrected chi connectivity index (χ1v) is 7.60. The third kappa shape index (κ3) is 4.29. The molecular formula is C15H23FN4O3. The van der Waals surface area contributed by atoms with Crippen molar-refractivity contribution in [1.82, 2.24) is 9.80 Å². The molecule has 1 unspecified atom stereocenters. The van der Waals surface area contributed by atoms with E-state index in [2.05, 4.69) is 29.1 Å². The van der Waals surface area contributed by atoms with Crippen LogP contribution in [0.25, 0.3) is 0 Å². The van der Waals surface area contributed by atoms with Gasteiger partial charge >= 0.3 is 5.69 Å². The molecule has 1 aliphatic rings. The zero-order valence-corrected chi connectivity index (χ0v) is 13.7. The molecule has 0 radical (unpaired) electrons. The molecule has 1 saturated heterocycles. The number of anilines is 1. The molecular weight excluding hydrogens is 303 g/mol. The van der Waals surface area contributed by atoms with Crippen LogP contribution in [0.2, 0.25) is 0 Å². The smallest absolute Gasteiger partial charge is 0.313 e. The van der Waals surface area contributed by atoms with Gasteiger partial charge < -0.3 is 15.0 Å². The minimum Gasteiger partial charge on any atom is -0.490 e. The summed E-state index contributed by atoms with van der Waals surface area (Å²) in [4.78, 5) is 14.8. The number of nitro groups is 1. The molecule has 7 nitrogen and oxygen atoms in total. The molecule has 0 aliphatic carbocycles. The molecule has 0 aromatic heterocycles. The zero-order chi connectivity index (χ0) is 17.0. The van der Waals surface area contributed by atoms with Crippen LogP contribution in [0.1, 0.15) is 6.92 Å². The Morgan fingerprint density at radius 3 is 2.61 bits per heavy atom. The number of likely N-dealkylation sites (N-methyl/N-ethyl adjacent to an activating group) is 1. The van der Waals surface area contributed by atoms with Gasteiger partial charge in [0.2, 0.25) is 0 Å². The highest BCUT2D eigenvalue weighted by Gasteiger charge is 2.21. The van der Waals surface area contributed by atoms with E-state index >= 15 is 0 Å². The van der Waals surface area contributed by atoms with Crippen LogP contribution in [0.5, 0.6) is 5.75 Å². The van der Waals surface area contributed by atoms with Crippen molar-refractivity contribution in [2.75, 3.05) is 52.2 Å². The molecule has 0 bridgehead atoms. The Kier molecular flexibility index (Phi) is 5.73. The van der Waals surface area contributed by atoms with Crippen LogP contribution in [0, 0.1) is 15.9 Å². The Bertz CT molecular complexity index is 562. The molecule has 1 heterocycles. The highest BCUT2D eigenvalue weighted by Crippen LogP contribution is 2.32. The summed E-state index contributed by atoms with van der Waals surface area (Å²) < 4.78 is 19.0. The molecule has 1 aromatic carbocycles. The Balaban J connectivity index is 2.01. The van der Waals surface area contributed by atoms with Gasteiger partial charge in [-0.05, 0) is 14.0 Å².